The van der Waals surface area contributed by atoms with E-state index in [0.717, 1.165) is 60.7 Å². The largest absolute Gasteiger partial charge is 0.378 e. The number of urea groups is 1. The summed E-state index contributed by atoms with van der Waals surface area (Å²) in [5, 5.41) is 8.12. The Morgan fingerprint density at radius 1 is 0.789 bits per heavy atom. The summed E-state index contributed by atoms with van der Waals surface area (Å²) in [7, 11) is 0. The molecule has 4 N–H and O–H groups in total. The molecule has 1 aliphatic heterocycles. The Balaban J connectivity index is 0.000000264. The van der Waals surface area contributed by atoms with E-state index < -0.39 is 0 Å². The van der Waals surface area contributed by atoms with Crippen LogP contribution in [0.1, 0.15) is 59.3 Å². The molecule has 8 nitrogen and oxygen atoms in total. The van der Waals surface area contributed by atoms with E-state index in [1.807, 2.05) is 55.1 Å². The highest BCUT2D eigenvalue weighted by Crippen LogP contribution is 2.28. The molecule has 3 aromatic rings. The van der Waals surface area contributed by atoms with Crippen LogP contribution in [0.5, 0.6) is 0 Å². The van der Waals surface area contributed by atoms with Gasteiger partial charge < -0.3 is 26.0 Å². The van der Waals surface area contributed by atoms with Crippen LogP contribution in [0.4, 0.5) is 9.59 Å². The summed E-state index contributed by atoms with van der Waals surface area (Å²) in [6.45, 7) is 11.1. The molecule has 0 aliphatic carbocycles. The van der Waals surface area contributed by atoms with Gasteiger partial charge in [-0.15, -0.1) is 0 Å². The van der Waals surface area contributed by atoms with Gasteiger partial charge in [0.2, 0.25) is 0 Å². The fourth-order valence-electron chi connectivity index (χ4n) is 4.31. The number of hydrogen-bond donors (Lipinski definition) is 3. The smallest absolute Gasteiger partial charge is 0.326 e. The standard InChI is InChI=1S/C17H19N3O.C11H22N2O2.C2H6/c18-11-5-6-12-19-17(21)20-15-9-3-1-7-13(15)14-8-2-4-10-16(14)20;1-2-3-4-5-6-12-11(14)13-7-9-15-10-8-13;1-2/h1-4,7-10H,5-6,11-12,18H2,(H,19,21);2-10H2,1H3,(H,12,14);1-2H3. The number of carbonyl (C=O) groups is 2. The lowest BCUT2D eigenvalue weighted by atomic mass is 10.2. The Kier molecular flexibility index (Phi) is 14.9. The van der Waals surface area contributed by atoms with E-state index in [1.165, 1.54) is 19.3 Å². The number of nitrogens with two attached hydrogens (primary N) is 1. The first-order chi connectivity index (χ1) is 18.7. The van der Waals surface area contributed by atoms with E-state index in [4.69, 9.17) is 10.5 Å². The zero-order valence-electron chi connectivity index (χ0n) is 23.5. The maximum Gasteiger partial charge on any atom is 0.326 e. The maximum absolute atomic E-state index is 12.5. The number of rotatable bonds is 9. The molecule has 0 radical (unpaired) electrons. The molecule has 3 amide bonds. The van der Waals surface area contributed by atoms with Crippen molar-refractivity contribution in [2.45, 2.75) is 59.3 Å². The Morgan fingerprint density at radius 3 is 1.87 bits per heavy atom. The van der Waals surface area contributed by atoms with Crippen LogP contribution in [0.2, 0.25) is 0 Å². The highest BCUT2D eigenvalue weighted by molar-refractivity contribution is 6.13. The number of nitrogens with one attached hydrogen (secondary N) is 2. The molecule has 1 aliphatic rings. The van der Waals surface area contributed by atoms with Gasteiger partial charge >= 0.3 is 12.1 Å². The van der Waals surface area contributed by atoms with Gasteiger partial charge in [-0.25, -0.2) is 9.59 Å². The number of para-hydroxylation sites is 2. The summed E-state index contributed by atoms with van der Waals surface area (Å²) in [5.74, 6) is 0. The van der Waals surface area contributed by atoms with Gasteiger partial charge in [-0.2, -0.15) is 0 Å². The Bertz CT molecular complexity index is 1040. The number of ether oxygens (including phenoxy) is 1. The van der Waals surface area contributed by atoms with Crippen LogP contribution in [0.3, 0.4) is 0 Å². The van der Waals surface area contributed by atoms with Gasteiger partial charge in [-0.05, 0) is 37.9 Å². The molecule has 0 atom stereocenters. The van der Waals surface area contributed by atoms with Crippen LogP contribution < -0.4 is 16.4 Å². The summed E-state index contributed by atoms with van der Waals surface area (Å²) in [6, 6.07) is 16.0. The highest BCUT2D eigenvalue weighted by Gasteiger charge is 2.16. The molecule has 0 spiro atoms. The minimum atomic E-state index is -0.0792. The molecule has 210 valence electrons. The van der Waals surface area contributed by atoms with Gasteiger partial charge in [0.25, 0.3) is 0 Å². The molecule has 1 fully saturated rings. The van der Waals surface area contributed by atoms with Gasteiger partial charge in [0.15, 0.2) is 0 Å². The molecule has 0 saturated carbocycles. The fraction of sp³-hybridized carbons (Fsp3) is 0.533. The van der Waals surface area contributed by atoms with Gasteiger partial charge in [-0.3, -0.25) is 4.57 Å². The molecule has 4 rings (SSSR count). The second-order valence-corrected chi connectivity index (χ2v) is 8.99. The lowest BCUT2D eigenvalue weighted by Crippen LogP contribution is -2.46. The molecule has 8 heteroatoms. The first kappa shape index (κ1) is 31.1. The van der Waals surface area contributed by atoms with E-state index in [1.54, 1.807) is 4.57 Å². The Morgan fingerprint density at radius 2 is 1.32 bits per heavy atom. The Hall–Kier alpha value is -3.10. The quantitative estimate of drug-likeness (QED) is 0.311. The molecule has 38 heavy (non-hydrogen) atoms. The number of hydrogen-bond acceptors (Lipinski definition) is 4. The number of benzene rings is 2. The molecule has 1 aromatic heterocycles. The van der Waals surface area contributed by atoms with Gasteiger partial charge in [-0.1, -0.05) is 76.4 Å². The van der Waals surface area contributed by atoms with Crippen molar-refractivity contribution in [3.8, 4) is 0 Å². The summed E-state index contributed by atoms with van der Waals surface area (Å²) < 4.78 is 6.94. The van der Waals surface area contributed by atoms with E-state index in [-0.39, 0.29) is 12.1 Å². The summed E-state index contributed by atoms with van der Waals surface area (Å²) >= 11 is 0. The average molecular weight is 526 g/mol. The summed E-state index contributed by atoms with van der Waals surface area (Å²) in [6.07, 6.45) is 6.61. The van der Waals surface area contributed by atoms with Crippen LogP contribution in [-0.4, -0.2) is 67.5 Å². The molecule has 0 unspecified atom stereocenters. The summed E-state index contributed by atoms with van der Waals surface area (Å²) in [5.41, 5.74) is 7.35. The SMILES string of the molecule is CC.CCCCCCNC(=O)N1CCOCC1.NCCCCNC(=O)n1c2ccccc2c2ccccc21. The van der Waals surface area contributed by atoms with Crippen molar-refractivity contribution in [3.05, 3.63) is 48.5 Å². The van der Waals surface area contributed by atoms with Crippen molar-refractivity contribution in [2.75, 3.05) is 45.9 Å². The predicted octanol–water partition coefficient (Wildman–Crippen LogP) is 5.73. The van der Waals surface area contributed by atoms with E-state index in [0.29, 0.717) is 26.3 Å². The lowest BCUT2D eigenvalue weighted by molar-refractivity contribution is 0.0532. The van der Waals surface area contributed by atoms with E-state index >= 15 is 0 Å². The lowest BCUT2D eigenvalue weighted by Gasteiger charge is -2.26. The number of aromatic nitrogens is 1. The average Bonchev–Trinajstić information content (AvgIpc) is 3.31. The van der Waals surface area contributed by atoms with Crippen molar-refractivity contribution < 1.29 is 14.3 Å². The molecule has 0 bridgehead atoms. The third-order valence-electron chi connectivity index (χ3n) is 6.30. The van der Waals surface area contributed by atoms with Gasteiger partial charge in [0.1, 0.15) is 0 Å². The van der Waals surface area contributed by atoms with Crippen LogP contribution in [0.15, 0.2) is 48.5 Å². The molecular weight excluding hydrogens is 478 g/mol. The van der Waals surface area contributed by atoms with E-state index in [2.05, 4.69) is 29.7 Å². The minimum Gasteiger partial charge on any atom is -0.378 e. The zero-order chi connectivity index (χ0) is 27.6. The topological polar surface area (TPSA) is 102 Å². The van der Waals surface area contributed by atoms with Crippen molar-refractivity contribution in [1.29, 1.82) is 0 Å². The van der Waals surface area contributed by atoms with Crippen LogP contribution in [0.25, 0.3) is 21.8 Å². The third kappa shape index (κ3) is 9.33. The second-order valence-electron chi connectivity index (χ2n) is 8.99. The van der Waals surface area contributed by atoms with Gasteiger partial charge in [0.05, 0.1) is 24.2 Å². The Labute approximate surface area is 227 Å². The number of morpholine rings is 1. The molecule has 2 aromatic carbocycles. The molecular formula is C30H47N5O3. The zero-order valence-corrected chi connectivity index (χ0v) is 23.5. The number of unbranched alkanes of at least 4 members (excludes halogenated alkanes) is 4. The van der Waals surface area contributed by atoms with Crippen molar-refractivity contribution in [3.63, 3.8) is 0 Å². The predicted molar refractivity (Wildman–Crippen MR) is 158 cm³/mol. The first-order valence-corrected chi connectivity index (χ1v) is 14.2. The molecule has 1 saturated heterocycles. The number of amides is 3. The highest BCUT2D eigenvalue weighted by atomic mass is 16.5. The van der Waals surface area contributed by atoms with Crippen molar-refractivity contribution >= 4 is 33.9 Å². The van der Waals surface area contributed by atoms with Crippen molar-refractivity contribution in [1.82, 2.24) is 20.1 Å². The number of carbonyl (C=O) groups excluding carboxylic acids is 2. The normalized spacial score (nSPS) is 12.8. The summed E-state index contributed by atoms with van der Waals surface area (Å²) in [4.78, 5) is 25.9. The van der Waals surface area contributed by atoms with Crippen LogP contribution >= 0.6 is 0 Å². The minimum absolute atomic E-state index is 0.0646. The first-order valence-electron chi connectivity index (χ1n) is 14.2. The fourth-order valence-corrected chi connectivity index (χ4v) is 4.31. The van der Waals surface area contributed by atoms with Gasteiger partial charge in [0, 0.05) is 37.0 Å². The second kappa shape index (κ2) is 18.2. The van der Waals surface area contributed by atoms with Crippen molar-refractivity contribution in [2.24, 2.45) is 5.73 Å². The maximum atomic E-state index is 12.5. The third-order valence-corrected chi connectivity index (χ3v) is 6.30. The number of nitrogens with zero attached hydrogens (tertiary/aromatic N) is 2. The van der Waals surface area contributed by atoms with E-state index in [9.17, 15) is 9.59 Å². The van der Waals surface area contributed by atoms with Crippen LogP contribution in [-0.2, 0) is 4.74 Å². The monoisotopic (exact) mass is 525 g/mol. The van der Waals surface area contributed by atoms with Crippen LogP contribution in [0, 0.1) is 0 Å². The number of fused-ring (bicyclic) bond motifs is 3. The molecule has 2 heterocycles.